The van der Waals surface area contributed by atoms with Gasteiger partial charge in [-0.1, -0.05) is 0 Å². The van der Waals surface area contributed by atoms with Crippen LogP contribution in [0.5, 0.6) is 0 Å². The highest BCUT2D eigenvalue weighted by Gasteiger charge is 2.26. The van der Waals surface area contributed by atoms with Gasteiger partial charge >= 0.3 is 7.82 Å². The Morgan fingerprint density at radius 3 is 1.89 bits per heavy atom. The van der Waals surface area contributed by atoms with E-state index in [1.807, 2.05) is 0 Å². The Morgan fingerprint density at radius 2 is 1.78 bits per heavy atom. The van der Waals surface area contributed by atoms with Gasteiger partial charge in [0, 0.05) is 0 Å². The van der Waals surface area contributed by atoms with Crippen LogP contribution in [0.1, 0.15) is 0 Å². The highest BCUT2D eigenvalue weighted by atomic mass is 31.2. The minimum absolute atomic E-state index is 1.00. The van der Waals surface area contributed by atoms with Gasteiger partial charge in [0.2, 0.25) is 0 Å². The predicted molar refractivity (Wildman–Crippen MR) is 23.2 cm³/mol. The molecule has 0 aromatic carbocycles. The van der Waals surface area contributed by atoms with E-state index in [9.17, 15) is 4.57 Å². The highest BCUT2D eigenvalue weighted by molar-refractivity contribution is 7.48. The summed E-state index contributed by atoms with van der Waals surface area (Å²) in [5.74, 6) is 0. The summed E-state index contributed by atoms with van der Waals surface area (Å²) in [4.78, 5) is 0. The number of aliphatic hydroxyl groups excluding tert-OH is 1. The molecule has 0 aromatic heterocycles. The standard InChI is InChI=1S/CH5O7P/c2-1-6-9(5,7-3)8-4/h2-4H,1H2. The molecular formula is CH5O7P. The summed E-state index contributed by atoms with van der Waals surface area (Å²) in [6.45, 7) is -1.00. The van der Waals surface area contributed by atoms with Crippen molar-refractivity contribution in [3.8, 4) is 0 Å². The molecule has 0 heterocycles. The molecular weight excluding hydrogens is 155 g/mol. The lowest BCUT2D eigenvalue weighted by Crippen LogP contribution is -1.95. The zero-order valence-electron chi connectivity index (χ0n) is 4.13. The van der Waals surface area contributed by atoms with Crippen molar-refractivity contribution in [2.45, 2.75) is 0 Å². The molecule has 0 bridgehead atoms. The molecule has 0 rings (SSSR count). The van der Waals surface area contributed by atoms with Gasteiger partial charge in [0.05, 0.1) is 0 Å². The van der Waals surface area contributed by atoms with Crippen molar-refractivity contribution in [3.63, 3.8) is 0 Å². The molecule has 0 aliphatic rings. The Labute approximate surface area is 49.9 Å². The van der Waals surface area contributed by atoms with E-state index in [0.29, 0.717) is 0 Å². The van der Waals surface area contributed by atoms with Crippen molar-refractivity contribution in [1.82, 2.24) is 0 Å². The Morgan fingerprint density at radius 1 is 1.33 bits per heavy atom. The molecule has 0 fully saturated rings. The summed E-state index contributed by atoms with van der Waals surface area (Å²) in [5, 5.41) is 23.2. The van der Waals surface area contributed by atoms with Crippen molar-refractivity contribution in [2.24, 2.45) is 0 Å². The Balaban J connectivity index is 3.78. The number of hydrogen-bond donors (Lipinski definition) is 3. The third-order valence-electron chi connectivity index (χ3n) is 0.416. The van der Waals surface area contributed by atoms with Gasteiger partial charge in [0.25, 0.3) is 0 Å². The quantitative estimate of drug-likeness (QED) is 0.230. The van der Waals surface area contributed by atoms with E-state index in [1.54, 1.807) is 0 Å². The molecule has 9 heavy (non-hydrogen) atoms. The molecule has 8 heteroatoms. The minimum atomic E-state index is -4.32. The van der Waals surface area contributed by atoms with Crippen LogP contribution in [0.2, 0.25) is 0 Å². The van der Waals surface area contributed by atoms with Crippen LogP contribution in [-0.4, -0.2) is 22.4 Å². The van der Waals surface area contributed by atoms with Crippen molar-refractivity contribution >= 4 is 7.82 Å². The average molecular weight is 160 g/mol. The summed E-state index contributed by atoms with van der Waals surface area (Å²) in [6, 6.07) is 0. The summed E-state index contributed by atoms with van der Waals surface area (Å²) in [5.41, 5.74) is 0. The van der Waals surface area contributed by atoms with Crippen LogP contribution in [0.3, 0.4) is 0 Å². The summed E-state index contributed by atoms with van der Waals surface area (Å²) < 4.78 is 20.0. The summed E-state index contributed by atoms with van der Waals surface area (Å²) in [6.07, 6.45) is 0. The maximum Gasteiger partial charge on any atom is 0.531 e. The second-order valence-corrected chi connectivity index (χ2v) is 2.35. The Hall–Kier alpha value is -0.0100. The Bertz CT molecular complexity index is 101. The van der Waals surface area contributed by atoms with Crippen molar-refractivity contribution < 1.29 is 34.1 Å². The van der Waals surface area contributed by atoms with Crippen LogP contribution in [0.15, 0.2) is 0 Å². The smallest absolute Gasteiger partial charge is 0.370 e. The lowest BCUT2D eigenvalue weighted by molar-refractivity contribution is -0.232. The van der Waals surface area contributed by atoms with Crippen molar-refractivity contribution in [3.05, 3.63) is 0 Å². The molecule has 0 radical (unpaired) electrons. The van der Waals surface area contributed by atoms with E-state index in [2.05, 4.69) is 13.9 Å². The van der Waals surface area contributed by atoms with E-state index in [0.717, 1.165) is 0 Å². The van der Waals surface area contributed by atoms with Crippen LogP contribution >= 0.6 is 7.82 Å². The van der Waals surface area contributed by atoms with E-state index in [4.69, 9.17) is 15.6 Å². The Kier molecular flexibility index (Phi) is 3.91. The fraction of sp³-hybridized carbons (Fsp3) is 1.00. The first-order valence-corrected chi connectivity index (χ1v) is 3.16. The molecule has 7 nitrogen and oxygen atoms in total. The number of rotatable bonds is 4. The lowest BCUT2D eigenvalue weighted by Gasteiger charge is -2.05. The molecule has 0 unspecified atom stereocenters. The molecule has 0 atom stereocenters. The van der Waals surface area contributed by atoms with Crippen molar-refractivity contribution in [2.75, 3.05) is 6.79 Å². The van der Waals surface area contributed by atoms with Gasteiger partial charge < -0.3 is 5.11 Å². The fourth-order valence-corrected chi connectivity index (χ4v) is 0.398. The molecule has 0 aromatic rings. The first-order valence-electron chi connectivity index (χ1n) is 1.70. The second kappa shape index (κ2) is 3.91. The predicted octanol–water partition coefficient (Wildman–Crippen LogP) is 0.0401. The average Bonchev–Trinajstić information content (AvgIpc) is 1.89. The zero-order chi connectivity index (χ0) is 7.33. The summed E-state index contributed by atoms with van der Waals surface area (Å²) >= 11 is 0. The van der Waals surface area contributed by atoms with E-state index in [1.165, 1.54) is 0 Å². The largest absolute Gasteiger partial charge is 0.531 e. The van der Waals surface area contributed by atoms with Gasteiger partial charge in [-0.2, -0.15) is 0 Å². The number of phosphoric acid groups is 1. The van der Waals surface area contributed by atoms with Gasteiger partial charge in [-0.25, -0.2) is 15.1 Å². The highest BCUT2D eigenvalue weighted by Crippen LogP contribution is 2.46. The monoisotopic (exact) mass is 160 g/mol. The first kappa shape index (κ1) is 8.99. The lowest BCUT2D eigenvalue weighted by atomic mass is 11.6. The van der Waals surface area contributed by atoms with Crippen molar-refractivity contribution in [1.29, 1.82) is 0 Å². The van der Waals surface area contributed by atoms with E-state index in [-0.39, 0.29) is 0 Å². The number of aliphatic hydroxyl groups is 1. The molecule has 0 aliphatic carbocycles. The van der Waals surface area contributed by atoms with Gasteiger partial charge in [0.1, 0.15) is 0 Å². The van der Waals surface area contributed by atoms with Crippen LogP contribution in [-0.2, 0) is 18.4 Å². The SMILES string of the molecule is O=P(OO)(OO)OCO. The topological polar surface area (TPSA) is 105 Å². The third-order valence-corrected chi connectivity index (χ3v) is 1.25. The second-order valence-electron chi connectivity index (χ2n) is 0.869. The number of hydrogen-bond acceptors (Lipinski definition) is 7. The maximum absolute atomic E-state index is 10.2. The molecule has 0 saturated carbocycles. The van der Waals surface area contributed by atoms with Gasteiger partial charge in [-0.15, -0.1) is 9.35 Å². The zero-order valence-corrected chi connectivity index (χ0v) is 5.02. The van der Waals surface area contributed by atoms with Crippen LogP contribution in [0.4, 0.5) is 0 Å². The summed E-state index contributed by atoms with van der Waals surface area (Å²) in [7, 11) is -4.32. The molecule has 0 amide bonds. The van der Waals surface area contributed by atoms with Crippen LogP contribution in [0.25, 0.3) is 0 Å². The third kappa shape index (κ3) is 2.87. The maximum atomic E-state index is 10.2. The van der Waals surface area contributed by atoms with Gasteiger partial charge in [-0.05, 0) is 0 Å². The fourth-order valence-electron chi connectivity index (χ4n) is 0.133. The first-order chi connectivity index (χ1) is 4.18. The molecule has 0 saturated heterocycles. The minimum Gasteiger partial charge on any atom is -0.370 e. The van der Waals surface area contributed by atoms with Gasteiger partial charge in [0.15, 0.2) is 6.79 Å². The molecule has 0 aliphatic heterocycles. The van der Waals surface area contributed by atoms with E-state index >= 15 is 0 Å². The van der Waals surface area contributed by atoms with Gasteiger partial charge in [-0.3, -0.25) is 4.52 Å². The molecule has 56 valence electrons. The van der Waals surface area contributed by atoms with Crippen LogP contribution in [0, 0.1) is 0 Å². The van der Waals surface area contributed by atoms with E-state index < -0.39 is 14.6 Å². The normalized spacial score (nSPS) is 11.9. The van der Waals surface area contributed by atoms with Crippen LogP contribution < -0.4 is 0 Å². The molecule has 3 N–H and O–H groups in total. The molecule has 0 spiro atoms.